The van der Waals surface area contributed by atoms with Gasteiger partial charge in [-0.1, -0.05) is 23.8 Å². The van der Waals surface area contributed by atoms with Crippen LogP contribution in [-0.4, -0.2) is 23.5 Å². The monoisotopic (exact) mass is 402 g/mol. The van der Waals surface area contributed by atoms with Gasteiger partial charge in [0.2, 0.25) is 11.8 Å². The molecule has 1 N–H and O–H groups in total. The van der Waals surface area contributed by atoms with Crippen molar-refractivity contribution in [2.45, 2.75) is 26.7 Å². The van der Waals surface area contributed by atoms with Gasteiger partial charge in [0.15, 0.2) is 5.78 Å². The predicted octanol–water partition coefficient (Wildman–Crippen LogP) is 3.99. The summed E-state index contributed by atoms with van der Waals surface area (Å²) >= 11 is 0. The smallest absolute Gasteiger partial charge is 0.255 e. The number of carbonyl (C=O) groups is 4. The minimum Gasteiger partial charge on any atom is -0.322 e. The van der Waals surface area contributed by atoms with Gasteiger partial charge in [0.05, 0.1) is 17.5 Å². The fourth-order valence-electron chi connectivity index (χ4n) is 4.07. The maximum absolute atomic E-state index is 12.8. The second kappa shape index (κ2) is 7.71. The molecule has 1 fully saturated rings. The summed E-state index contributed by atoms with van der Waals surface area (Å²) in [6.07, 6.45) is 3.24. The highest BCUT2D eigenvalue weighted by Crippen LogP contribution is 2.39. The Kier molecular flexibility index (Phi) is 5.08. The van der Waals surface area contributed by atoms with Crippen molar-refractivity contribution in [3.05, 3.63) is 71.3 Å². The number of rotatable bonds is 4. The average Bonchev–Trinajstić information content (AvgIpc) is 2.98. The zero-order valence-electron chi connectivity index (χ0n) is 16.8. The second-order valence-corrected chi connectivity index (χ2v) is 7.85. The standard InChI is InChI=1S/C24H22N2O4/c1-14-6-11-20-21(12-14)24(30)26(23(20)29)19-9-7-16(8-10-19)22(28)25-18-5-3-4-17(13-18)15(2)27/h3-10,13,20-21H,11-12H2,1-2H3,(H,25,28)/t20-,21-/m0/s1. The Morgan fingerprint density at radius 2 is 1.67 bits per heavy atom. The lowest BCUT2D eigenvalue weighted by Crippen LogP contribution is -2.30. The van der Waals surface area contributed by atoms with E-state index < -0.39 is 0 Å². The van der Waals surface area contributed by atoms with E-state index in [0.717, 1.165) is 5.57 Å². The van der Waals surface area contributed by atoms with E-state index >= 15 is 0 Å². The van der Waals surface area contributed by atoms with Crippen molar-refractivity contribution in [3.8, 4) is 0 Å². The molecule has 2 aromatic carbocycles. The van der Waals surface area contributed by atoms with E-state index in [1.807, 2.05) is 13.0 Å². The SMILES string of the molecule is CC(=O)c1cccc(NC(=O)c2ccc(N3C(=O)[C@H]4CC=C(C)C[C@@H]4C3=O)cc2)c1. The predicted molar refractivity (Wildman–Crippen MR) is 113 cm³/mol. The number of ketones is 1. The number of benzene rings is 2. The van der Waals surface area contributed by atoms with E-state index in [9.17, 15) is 19.2 Å². The molecule has 3 amide bonds. The van der Waals surface area contributed by atoms with Crippen LogP contribution in [0.5, 0.6) is 0 Å². The molecule has 1 aliphatic heterocycles. The van der Waals surface area contributed by atoms with Crippen LogP contribution in [0.15, 0.2) is 60.2 Å². The first-order chi connectivity index (χ1) is 14.3. The Hall–Kier alpha value is -3.54. The van der Waals surface area contributed by atoms with Gasteiger partial charge in [-0.2, -0.15) is 0 Å². The molecule has 2 aliphatic rings. The molecule has 30 heavy (non-hydrogen) atoms. The summed E-state index contributed by atoms with van der Waals surface area (Å²) in [5.74, 6) is -1.35. The molecule has 152 valence electrons. The van der Waals surface area contributed by atoms with E-state index in [4.69, 9.17) is 0 Å². The third-order valence-electron chi connectivity index (χ3n) is 5.74. The van der Waals surface area contributed by atoms with Gasteiger partial charge in [-0.05, 0) is 63.1 Å². The summed E-state index contributed by atoms with van der Waals surface area (Å²) in [6.45, 7) is 3.45. The lowest BCUT2D eigenvalue weighted by Gasteiger charge is -2.18. The van der Waals surface area contributed by atoms with E-state index in [0.29, 0.717) is 35.3 Å². The Morgan fingerprint density at radius 1 is 0.967 bits per heavy atom. The van der Waals surface area contributed by atoms with Gasteiger partial charge < -0.3 is 5.32 Å². The molecule has 2 aromatic rings. The molecule has 0 spiro atoms. The Labute approximate surface area is 174 Å². The van der Waals surface area contributed by atoms with Crippen LogP contribution in [0.2, 0.25) is 0 Å². The number of Topliss-reactive ketones (excluding diaryl/α,β-unsaturated/α-hetero) is 1. The number of allylic oxidation sites excluding steroid dienone is 2. The van der Waals surface area contributed by atoms with Crippen molar-refractivity contribution >= 4 is 34.9 Å². The third kappa shape index (κ3) is 3.56. The number of fused-ring (bicyclic) bond motifs is 1. The van der Waals surface area contributed by atoms with Gasteiger partial charge in [0.1, 0.15) is 0 Å². The zero-order chi connectivity index (χ0) is 21.4. The molecular formula is C24H22N2O4. The molecule has 6 nitrogen and oxygen atoms in total. The van der Waals surface area contributed by atoms with Crippen molar-refractivity contribution in [3.63, 3.8) is 0 Å². The number of hydrogen-bond donors (Lipinski definition) is 1. The minimum absolute atomic E-state index is 0.0821. The lowest BCUT2D eigenvalue weighted by molar-refractivity contribution is -0.122. The molecule has 1 saturated heterocycles. The fourth-order valence-corrected chi connectivity index (χ4v) is 4.07. The fraction of sp³-hybridized carbons (Fsp3) is 0.250. The largest absolute Gasteiger partial charge is 0.322 e. The van der Waals surface area contributed by atoms with Crippen molar-refractivity contribution < 1.29 is 19.2 Å². The van der Waals surface area contributed by atoms with Crippen LogP contribution in [0.25, 0.3) is 0 Å². The molecule has 2 atom stereocenters. The third-order valence-corrected chi connectivity index (χ3v) is 5.74. The number of imide groups is 1. The molecule has 0 unspecified atom stereocenters. The molecule has 1 aliphatic carbocycles. The van der Waals surface area contributed by atoms with Crippen LogP contribution in [0.4, 0.5) is 11.4 Å². The lowest BCUT2D eigenvalue weighted by atomic mass is 9.82. The summed E-state index contributed by atoms with van der Waals surface area (Å²) in [4.78, 5) is 50.9. The zero-order valence-corrected chi connectivity index (χ0v) is 16.8. The van der Waals surface area contributed by atoms with Crippen LogP contribution < -0.4 is 10.2 Å². The molecular weight excluding hydrogens is 380 g/mol. The Balaban J connectivity index is 1.50. The van der Waals surface area contributed by atoms with E-state index in [1.54, 1.807) is 48.5 Å². The van der Waals surface area contributed by atoms with Crippen LogP contribution in [0.3, 0.4) is 0 Å². The number of nitrogens with zero attached hydrogens (tertiary/aromatic N) is 1. The summed E-state index contributed by atoms with van der Waals surface area (Å²) < 4.78 is 0. The number of hydrogen-bond acceptors (Lipinski definition) is 4. The highest BCUT2D eigenvalue weighted by molar-refractivity contribution is 6.22. The van der Waals surface area contributed by atoms with Gasteiger partial charge in [-0.25, -0.2) is 0 Å². The van der Waals surface area contributed by atoms with Crippen molar-refractivity contribution in [1.82, 2.24) is 0 Å². The maximum Gasteiger partial charge on any atom is 0.255 e. The minimum atomic E-state index is -0.338. The van der Waals surface area contributed by atoms with Crippen molar-refractivity contribution in [2.75, 3.05) is 10.2 Å². The normalized spacial score (nSPS) is 20.6. The average molecular weight is 402 g/mol. The highest BCUT2D eigenvalue weighted by Gasteiger charge is 2.48. The summed E-state index contributed by atoms with van der Waals surface area (Å²) in [7, 11) is 0. The quantitative estimate of drug-likeness (QED) is 0.476. The number of nitrogens with one attached hydrogen (secondary N) is 1. The van der Waals surface area contributed by atoms with Crippen LogP contribution >= 0.6 is 0 Å². The van der Waals surface area contributed by atoms with Crippen LogP contribution in [0.1, 0.15) is 47.4 Å². The second-order valence-electron chi connectivity index (χ2n) is 7.85. The van der Waals surface area contributed by atoms with E-state index in [-0.39, 0.29) is 35.3 Å². The molecule has 0 saturated carbocycles. The van der Waals surface area contributed by atoms with Gasteiger partial charge >= 0.3 is 0 Å². The van der Waals surface area contributed by atoms with Crippen LogP contribution in [0, 0.1) is 11.8 Å². The molecule has 0 bridgehead atoms. The Morgan fingerprint density at radius 3 is 2.37 bits per heavy atom. The molecule has 0 aromatic heterocycles. The highest BCUT2D eigenvalue weighted by atomic mass is 16.2. The van der Waals surface area contributed by atoms with Crippen molar-refractivity contribution in [2.24, 2.45) is 11.8 Å². The maximum atomic E-state index is 12.8. The number of anilines is 2. The summed E-state index contributed by atoms with van der Waals surface area (Å²) in [5.41, 5.74) is 3.04. The molecule has 4 rings (SSSR count). The van der Waals surface area contributed by atoms with Crippen molar-refractivity contribution in [1.29, 1.82) is 0 Å². The first kappa shape index (κ1) is 19.8. The first-order valence-corrected chi connectivity index (χ1v) is 9.91. The molecule has 1 heterocycles. The Bertz CT molecular complexity index is 1080. The molecule has 0 radical (unpaired) electrons. The van der Waals surface area contributed by atoms with E-state index in [1.165, 1.54) is 11.8 Å². The number of carbonyl (C=O) groups excluding carboxylic acids is 4. The van der Waals surface area contributed by atoms with Gasteiger partial charge in [0, 0.05) is 16.8 Å². The summed E-state index contributed by atoms with van der Waals surface area (Å²) in [6, 6.07) is 13.1. The summed E-state index contributed by atoms with van der Waals surface area (Å²) in [5, 5.41) is 2.76. The number of amides is 3. The first-order valence-electron chi connectivity index (χ1n) is 9.91. The van der Waals surface area contributed by atoms with E-state index in [2.05, 4.69) is 5.32 Å². The van der Waals surface area contributed by atoms with Crippen LogP contribution in [-0.2, 0) is 9.59 Å². The topological polar surface area (TPSA) is 83.6 Å². The van der Waals surface area contributed by atoms with Gasteiger partial charge in [-0.15, -0.1) is 0 Å². The molecule has 6 heteroatoms. The van der Waals surface area contributed by atoms with Gasteiger partial charge in [-0.3, -0.25) is 24.1 Å². The van der Waals surface area contributed by atoms with Gasteiger partial charge in [0.25, 0.3) is 5.91 Å².